The zero-order valence-corrected chi connectivity index (χ0v) is 15.5. The minimum atomic E-state index is -0.292. The van der Waals surface area contributed by atoms with Gasteiger partial charge < -0.3 is 4.90 Å². The maximum Gasteiger partial charge on any atom is 0.293 e. The summed E-state index contributed by atoms with van der Waals surface area (Å²) < 4.78 is 2.91. The zero-order chi connectivity index (χ0) is 18.8. The van der Waals surface area contributed by atoms with E-state index in [-0.39, 0.29) is 18.0 Å². The number of amides is 1. The summed E-state index contributed by atoms with van der Waals surface area (Å²) in [5.41, 5.74) is 1.66. The van der Waals surface area contributed by atoms with Gasteiger partial charge in [0.05, 0.1) is 17.6 Å². The molecule has 1 fully saturated rings. The normalized spacial score (nSPS) is 15.1. The monoisotopic (exact) mass is 365 g/mol. The molecule has 1 aliphatic heterocycles. The van der Waals surface area contributed by atoms with E-state index < -0.39 is 0 Å². The number of aryl methyl sites for hydroxylation is 1. The Kier molecular flexibility index (Phi) is 4.75. The first-order valence-electron chi connectivity index (χ1n) is 9.44. The fourth-order valence-corrected chi connectivity index (χ4v) is 3.64. The van der Waals surface area contributed by atoms with Crippen molar-refractivity contribution in [2.75, 3.05) is 13.1 Å². The molecule has 0 saturated carbocycles. The van der Waals surface area contributed by atoms with Crippen molar-refractivity contribution in [1.29, 1.82) is 0 Å². The molecule has 0 atom stereocenters. The molecule has 2 aromatic heterocycles. The van der Waals surface area contributed by atoms with Gasteiger partial charge >= 0.3 is 0 Å². The number of hydrogen-bond acceptors (Lipinski definition) is 4. The Hall–Kier alpha value is -2.96. The van der Waals surface area contributed by atoms with E-state index in [0.717, 1.165) is 44.5 Å². The maximum absolute atomic E-state index is 13.1. The number of likely N-dealkylation sites (tertiary alicyclic amines) is 1. The van der Waals surface area contributed by atoms with Crippen LogP contribution in [0.15, 0.2) is 41.3 Å². The Balaban J connectivity index is 1.72. The third kappa shape index (κ3) is 3.37. The van der Waals surface area contributed by atoms with Crippen LogP contribution in [-0.2, 0) is 11.3 Å². The second-order valence-corrected chi connectivity index (χ2v) is 7.00. The van der Waals surface area contributed by atoms with Crippen LogP contribution < -0.4 is 5.56 Å². The molecular weight excluding hydrogens is 342 g/mol. The van der Waals surface area contributed by atoms with Gasteiger partial charge in [-0.25, -0.2) is 9.36 Å². The molecule has 0 spiro atoms. The first-order valence-corrected chi connectivity index (χ1v) is 9.44. The largest absolute Gasteiger partial charge is 0.341 e. The molecule has 0 unspecified atom stereocenters. The molecule has 1 saturated heterocycles. The molecule has 0 N–H and O–H groups in total. The predicted octanol–water partition coefficient (Wildman–Crippen LogP) is 2.29. The van der Waals surface area contributed by atoms with E-state index in [1.807, 2.05) is 42.2 Å². The second kappa shape index (κ2) is 7.34. The van der Waals surface area contributed by atoms with Crippen LogP contribution in [0.4, 0.5) is 0 Å². The quantitative estimate of drug-likeness (QED) is 0.714. The first-order chi connectivity index (χ1) is 13.1. The van der Waals surface area contributed by atoms with E-state index >= 15 is 0 Å². The minimum Gasteiger partial charge on any atom is -0.341 e. The predicted molar refractivity (Wildman–Crippen MR) is 103 cm³/mol. The van der Waals surface area contributed by atoms with Crippen LogP contribution in [-0.4, -0.2) is 43.5 Å². The average molecular weight is 365 g/mol. The summed E-state index contributed by atoms with van der Waals surface area (Å²) in [5, 5.41) is 9.46. The Labute approximate surface area is 157 Å². The molecule has 0 radical (unpaired) electrons. The number of fused-ring (bicyclic) bond motifs is 1. The van der Waals surface area contributed by atoms with E-state index in [1.165, 1.54) is 4.68 Å². The first kappa shape index (κ1) is 17.5. The van der Waals surface area contributed by atoms with Crippen LogP contribution >= 0.6 is 0 Å². The van der Waals surface area contributed by atoms with Gasteiger partial charge in [0.25, 0.3) is 5.56 Å². The van der Waals surface area contributed by atoms with Crippen molar-refractivity contribution < 1.29 is 4.79 Å². The third-order valence-electron chi connectivity index (χ3n) is 5.11. The highest BCUT2D eigenvalue weighted by Gasteiger charge is 2.20. The lowest BCUT2D eigenvalue weighted by Crippen LogP contribution is -2.38. The Morgan fingerprint density at radius 1 is 1.07 bits per heavy atom. The molecule has 3 heterocycles. The number of hydrogen-bond donors (Lipinski definition) is 0. The molecule has 0 aliphatic carbocycles. The van der Waals surface area contributed by atoms with Crippen LogP contribution in [0.3, 0.4) is 0 Å². The van der Waals surface area contributed by atoms with E-state index in [2.05, 4.69) is 10.2 Å². The molecule has 140 valence electrons. The molecule has 7 heteroatoms. The van der Waals surface area contributed by atoms with E-state index in [0.29, 0.717) is 16.6 Å². The standard InChI is InChI=1S/C20H23N5O2/c1-15-17-13-21-25(16-9-5-4-6-10-16)19(17)20(27)24(22-15)14-18(26)23-11-7-2-3-8-12-23/h4-6,9-10,13H,2-3,7-8,11-12,14H2,1H3. The smallest absolute Gasteiger partial charge is 0.293 e. The van der Waals surface area contributed by atoms with Crippen molar-refractivity contribution in [3.8, 4) is 5.69 Å². The van der Waals surface area contributed by atoms with Gasteiger partial charge in [0.2, 0.25) is 5.91 Å². The second-order valence-electron chi connectivity index (χ2n) is 7.00. The summed E-state index contributed by atoms with van der Waals surface area (Å²) in [6, 6.07) is 9.51. The van der Waals surface area contributed by atoms with Crippen LogP contribution in [0.2, 0.25) is 0 Å². The molecule has 0 bridgehead atoms. The summed E-state index contributed by atoms with van der Waals surface area (Å²) >= 11 is 0. The SMILES string of the molecule is Cc1nn(CC(=O)N2CCCCCC2)c(=O)c2c1cnn2-c1ccccc1. The van der Waals surface area contributed by atoms with Crippen LogP contribution in [0, 0.1) is 6.92 Å². The van der Waals surface area contributed by atoms with Gasteiger partial charge in [0.1, 0.15) is 12.1 Å². The number of nitrogens with zero attached hydrogens (tertiary/aromatic N) is 5. The lowest BCUT2D eigenvalue weighted by molar-refractivity contribution is -0.132. The molecule has 1 aromatic carbocycles. The fraction of sp³-hybridized carbons (Fsp3) is 0.400. The summed E-state index contributed by atoms with van der Waals surface area (Å²) in [6.07, 6.45) is 6.01. The number of benzene rings is 1. The average Bonchev–Trinajstić information content (AvgIpc) is 2.95. The Morgan fingerprint density at radius 3 is 2.48 bits per heavy atom. The highest BCUT2D eigenvalue weighted by Crippen LogP contribution is 2.17. The van der Waals surface area contributed by atoms with E-state index in [1.54, 1.807) is 10.9 Å². The van der Waals surface area contributed by atoms with Crippen molar-refractivity contribution >= 4 is 16.8 Å². The van der Waals surface area contributed by atoms with Crippen molar-refractivity contribution in [2.45, 2.75) is 39.2 Å². The van der Waals surface area contributed by atoms with E-state index in [4.69, 9.17) is 0 Å². The van der Waals surface area contributed by atoms with E-state index in [9.17, 15) is 9.59 Å². The molecular formula is C20H23N5O2. The van der Waals surface area contributed by atoms with Gasteiger partial charge in [-0.2, -0.15) is 10.2 Å². The van der Waals surface area contributed by atoms with Crippen LogP contribution in [0.5, 0.6) is 0 Å². The van der Waals surface area contributed by atoms with Crippen molar-refractivity contribution in [3.63, 3.8) is 0 Å². The zero-order valence-electron chi connectivity index (χ0n) is 15.5. The number of aromatic nitrogens is 4. The molecule has 1 amide bonds. The summed E-state index contributed by atoms with van der Waals surface area (Å²) in [4.78, 5) is 27.7. The number of rotatable bonds is 3. The van der Waals surface area contributed by atoms with Crippen LogP contribution in [0.25, 0.3) is 16.6 Å². The lowest BCUT2D eigenvalue weighted by Gasteiger charge is -2.20. The van der Waals surface area contributed by atoms with Gasteiger partial charge in [0.15, 0.2) is 0 Å². The molecule has 7 nitrogen and oxygen atoms in total. The molecule has 27 heavy (non-hydrogen) atoms. The number of carbonyl (C=O) groups excluding carboxylic acids is 1. The fourth-order valence-electron chi connectivity index (χ4n) is 3.64. The van der Waals surface area contributed by atoms with Gasteiger partial charge in [-0.15, -0.1) is 0 Å². The Bertz CT molecular complexity index is 1010. The maximum atomic E-state index is 13.1. The molecule has 3 aromatic rings. The van der Waals surface area contributed by atoms with Gasteiger partial charge in [-0.1, -0.05) is 31.0 Å². The lowest BCUT2D eigenvalue weighted by atomic mass is 10.2. The topological polar surface area (TPSA) is 73.0 Å². The minimum absolute atomic E-state index is 0.0322. The summed E-state index contributed by atoms with van der Waals surface area (Å²) in [7, 11) is 0. The molecule has 1 aliphatic rings. The highest BCUT2D eigenvalue weighted by atomic mass is 16.2. The third-order valence-corrected chi connectivity index (χ3v) is 5.11. The van der Waals surface area contributed by atoms with Gasteiger partial charge in [-0.05, 0) is 31.9 Å². The summed E-state index contributed by atoms with van der Waals surface area (Å²) in [5.74, 6) is -0.0453. The van der Waals surface area contributed by atoms with Gasteiger partial charge in [-0.3, -0.25) is 9.59 Å². The van der Waals surface area contributed by atoms with Crippen molar-refractivity contribution in [3.05, 3.63) is 52.6 Å². The number of carbonyl (C=O) groups is 1. The highest BCUT2D eigenvalue weighted by molar-refractivity contribution is 5.82. The van der Waals surface area contributed by atoms with Crippen molar-refractivity contribution in [1.82, 2.24) is 24.5 Å². The number of para-hydroxylation sites is 1. The Morgan fingerprint density at radius 2 is 1.78 bits per heavy atom. The summed E-state index contributed by atoms with van der Waals surface area (Å²) in [6.45, 7) is 3.33. The van der Waals surface area contributed by atoms with Crippen LogP contribution in [0.1, 0.15) is 31.4 Å². The van der Waals surface area contributed by atoms with Crippen molar-refractivity contribution in [2.24, 2.45) is 0 Å². The molecule has 4 rings (SSSR count). The van der Waals surface area contributed by atoms with Gasteiger partial charge in [0, 0.05) is 18.5 Å².